The van der Waals surface area contributed by atoms with Gasteiger partial charge in [-0.3, -0.25) is 0 Å². The number of alkyl halides is 1. The van der Waals surface area contributed by atoms with Crippen molar-refractivity contribution in [2.45, 2.75) is 12.8 Å². The Hall–Kier alpha value is -2.90. The topological polar surface area (TPSA) is 0 Å². The molecule has 1 atom stereocenters. The second-order valence-electron chi connectivity index (χ2n) is 7.14. The van der Waals surface area contributed by atoms with Crippen LogP contribution < -0.4 is 15.9 Å². The van der Waals surface area contributed by atoms with Crippen LogP contribution in [0.1, 0.15) is 17.0 Å². The SMILES string of the molecule is Cc1c(F)ccc(C(F)[P+](c2ccccc2)(c2ccccc2)c2ccccc2)c1F. The fourth-order valence-corrected chi connectivity index (χ4v) is 8.13. The summed E-state index contributed by atoms with van der Waals surface area (Å²) in [6.07, 6.45) is 0. The largest absolute Gasteiger partial charge is 0.247 e. The summed E-state index contributed by atoms with van der Waals surface area (Å²) >= 11 is 0. The lowest BCUT2D eigenvalue weighted by atomic mass is 10.1. The molecule has 0 aliphatic heterocycles. The van der Waals surface area contributed by atoms with Crippen molar-refractivity contribution in [1.29, 1.82) is 0 Å². The summed E-state index contributed by atoms with van der Waals surface area (Å²) in [4.78, 5) is 0. The molecular formula is C26H21F3P+. The third-order valence-electron chi connectivity index (χ3n) is 5.44. The molecule has 0 aliphatic carbocycles. The molecule has 0 saturated heterocycles. The van der Waals surface area contributed by atoms with Crippen molar-refractivity contribution in [1.82, 2.24) is 0 Å². The molecule has 0 fully saturated rings. The van der Waals surface area contributed by atoms with Crippen molar-refractivity contribution in [3.8, 4) is 0 Å². The minimum absolute atomic E-state index is 0.112. The molecule has 0 saturated carbocycles. The fourth-order valence-electron chi connectivity index (χ4n) is 3.90. The molecule has 4 aromatic rings. The van der Waals surface area contributed by atoms with Gasteiger partial charge in [-0.1, -0.05) is 54.6 Å². The van der Waals surface area contributed by atoms with Gasteiger partial charge < -0.3 is 0 Å². The molecule has 0 bridgehead atoms. The van der Waals surface area contributed by atoms with E-state index in [1.54, 1.807) is 0 Å². The zero-order valence-electron chi connectivity index (χ0n) is 16.5. The van der Waals surface area contributed by atoms with Crippen LogP contribution in [0.5, 0.6) is 0 Å². The molecule has 150 valence electrons. The van der Waals surface area contributed by atoms with E-state index in [9.17, 15) is 4.39 Å². The number of halogens is 3. The van der Waals surface area contributed by atoms with Gasteiger partial charge in [-0.05, 0) is 55.5 Å². The summed E-state index contributed by atoms with van der Waals surface area (Å²) in [7, 11) is -2.96. The molecule has 1 unspecified atom stereocenters. The van der Waals surface area contributed by atoms with Crippen LogP contribution in [0.3, 0.4) is 0 Å². The van der Waals surface area contributed by atoms with Crippen LogP contribution in [0, 0.1) is 18.6 Å². The maximum absolute atomic E-state index is 16.8. The Labute approximate surface area is 175 Å². The standard InChI is InChI=1S/C26H21F3P/c1-19-24(27)18-17-23(25(19)28)26(29)30(20-11-5-2-6-12-20,21-13-7-3-8-14-21)22-15-9-4-10-16-22/h2-18,26H,1H3/q+1. The average molecular weight is 421 g/mol. The van der Waals surface area contributed by atoms with Crippen LogP contribution in [-0.2, 0) is 0 Å². The first-order valence-electron chi connectivity index (χ1n) is 9.71. The van der Waals surface area contributed by atoms with E-state index in [1.807, 2.05) is 91.0 Å². The zero-order valence-corrected chi connectivity index (χ0v) is 17.4. The molecule has 0 aliphatic rings. The molecule has 0 heterocycles. The monoisotopic (exact) mass is 421 g/mol. The maximum atomic E-state index is 16.8. The summed E-state index contributed by atoms with van der Waals surface area (Å²) in [5.41, 5.74) is -0.277. The highest BCUT2D eigenvalue weighted by molar-refractivity contribution is 7.95. The average Bonchev–Trinajstić information content (AvgIpc) is 2.80. The second-order valence-corrected chi connectivity index (χ2v) is 10.6. The Balaban J connectivity index is 2.09. The second kappa shape index (κ2) is 8.45. The molecule has 0 spiro atoms. The highest BCUT2D eigenvalue weighted by Gasteiger charge is 2.54. The Morgan fingerprint density at radius 1 is 0.600 bits per heavy atom. The lowest BCUT2D eigenvalue weighted by molar-refractivity contribution is 0.438. The first kappa shape index (κ1) is 20.4. The quantitative estimate of drug-likeness (QED) is 0.335. The van der Waals surface area contributed by atoms with E-state index in [2.05, 4.69) is 0 Å². The van der Waals surface area contributed by atoms with Gasteiger partial charge >= 0.3 is 0 Å². The number of hydrogen-bond acceptors (Lipinski definition) is 0. The summed E-state index contributed by atoms with van der Waals surface area (Å²) in [5, 5.41) is 2.41. The third kappa shape index (κ3) is 3.34. The molecule has 4 rings (SSSR count). The van der Waals surface area contributed by atoms with Crippen molar-refractivity contribution in [3.05, 3.63) is 126 Å². The van der Waals surface area contributed by atoms with E-state index in [-0.39, 0.29) is 11.1 Å². The predicted octanol–water partition coefficient (Wildman–Crippen LogP) is 6.24. The Morgan fingerprint density at radius 2 is 1.00 bits per heavy atom. The van der Waals surface area contributed by atoms with Gasteiger partial charge in [0.2, 0.25) is 5.91 Å². The first-order valence-corrected chi connectivity index (χ1v) is 11.6. The van der Waals surface area contributed by atoms with Crippen LogP contribution in [0.15, 0.2) is 103 Å². The smallest absolute Gasteiger partial charge is 0.207 e. The fraction of sp³-hybridized carbons (Fsp3) is 0.0769. The van der Waals surface area contributed by atoms with Gasteiger partial charge in [-0.15, -0.1) is 0 Å². The molecule has 0 radical (unpaired) electrons. The molecule has 0 aromatic heterocycles. The van der Waals surface area contributed by atoms with E-state index >= 15 is 8.78 Å². The number of rotatable bonds is 5. The summed E-state index contributed by atoms with van der Waals surface area (Å²) in [6, 6.07) is 30.6. The normalized spacial score (nSPS) is 12.5. The molecule has 0 nitrogen and oxygen atoms in total. The maximum Gasteiger partial charge on any atom is 0.247 e. The van der Waals surface area contributed by atoms with Crippen LogP contribution in [0.4, 0.5) is 13.2 Å². The molecular weight excluding hydrogens is 400 g/mol. The Morgan fingerprint density at radius 3 is 1.40 bits per heavy atom. The van der Waals surface area contributed by atoms with Gasteiger partial charge in [0.25, 0.3) is 0 Å². The lowest BCUT2D eigenvalue weighted by Crippen LogP contribution is -2.34. The van der Waals surface area contributed by atoms with Gasteiger partial charge in [-0.2, -0.15) is 4.39 Å². The van der Waals surface area contributed by atoms with E-state index < -0.39 is 24.8 Å². The van der Waals surface area contributed by atoms with Gasteiger partial charge in [0.15, 0.2) is 7.26 Å². The van der Waals surface area contributed by atoms with Gasteiger partial charge in [-0.25, -0.2) is 8.78 Å². The lowest BCUT2D eigenvalue weighted by Gasteiger charge is -2.30. The van der Waals surface area contributed by atoms with Gasteiger partial charge in [0.05, 0.1) is 5.56 Å². The van der Waals surface area contributed by atoms with E-state index in [1.165, 1.54) is 13.0 Å². The third-order valence-corrected chi connectivity index (χ3v) is 9.73. The summed E-state index contributed by atoms with van der Waals surface area (Å²) < 4.78 is 45.8. The van der Waals surface area contributed by atoms with Crippen LogP contribution in [-0.4, -0.2) is 0 Å². The highest BCUT2D eigenvalue weighted by atomic mass is 31.2. The van der Waals surface area contributed by atoms with Gasteiger partial charge in [0.1, 0.15) is 27.5 Å². The van der Waals surface area contributed by atoms with Crippen LogP contribution >= 0.6 is 7.26 Å². The van der Waals surface area contributed by atoms with E-state index in [0.29, 0.717) is 0 Å². The number of hydrogen-bond donors (Lipinski definition) is 0. The summed E-state index contributed by atoms with van der Waals surface area (Å²) in [6.45, 7) is 1.34. The summed E-state index contributed by atoms with van der Waals surface area (Å²) in [5.74, 6) is -3.18. The van der Waals surface area contributed by atoms with Crippen molar-refractivity contribution in [3.63, 3.8) is 0 Å². The minimum Gasteiger partial charge on any atom is -0.207 e. The zero-order chi connectivity index (χ0) is 21.1. The highest BCUT2D eigenvalue weighted by Crippen LogP contribution is 2.67. The molecule has 30 heavy (non-hydrogen) atoms. The number of benzene rings is 4. The van der Waals surface area contributed by atoms with E-state index in [4.69, 9.17) is 0 Å². The van der Waals surface area contributed by atoms with Gasteiger partial charge in [0, 0.05) is 5.56 Å². The van der Waals surface area contributed by atoms with Crippen LogP contribution in [0.2, 0.25) is 0 Å². The molecule has 0 amide bonds. The van der Waals surface area contributed by atoms with Crippen molar-refractivity contribution >= 4 is 23.2 Å². The molecule has 4 aromatic carbocycles. The van der Waals surface area contributed by atoms with Crippen molar-refractivity contribution < 1.29 is 13.2 Å². The van der Waals surface area contributed by atoms with Crippen LogP contribution in [0.25, 0.3) is 0 Å². The van der Waals surface area contributed by atoms with Crippen molar-refractivity contribution in [2.75, 3.05) is 0 Å². The Bertz CT molecular complexity index is 1030. The van der Waals surface area contributed by atoms with E-state index in [0.717, 1.165) is 22.0 Å². The molecule has 0 N–H and O–H groups in total. The molecule has 4 heteroatoms. The Kier molecular flexibility index (Phi) is 5.74. The predicted molar refractivity (Wildman–Crippen MR) is 120 cm³/mol. The van der Waals surface area contributed by atoms with Crippen molar-refractivity contribution in [2.24, 2.45) is 0 Å². The first-order chi connectivity index (χ1) is 14.6. The minimum atomic E-state index is -2.96.